The van der Waals surface area contributed by atoms with Crippen LogP contribution in [0.4, 0.5) is 0 Å². The van der Waals surface area contributed by atoms with Gasteiger partial charge in [0.1, 0.15) is 23.2 Å². The summed E-state index contributed by atoms with van der Waals surface area (Å²) < 4.78 is 29.0. The number of ether oxygens (including phenoxy) is 5. The number of methoxy groups -OCH3 is 1. The fourth-order valence-corrected chi connectivity index (χ4v) is 5.02. The molecule has 0 amide bonds. The van der Waals surface area contributed by atoms with Gasteiger partial charge in [0.15, 0.2) is 17.8 Å². The maximum Gasteiger partial charge on any atom is 0.343 e. The van der Waals surface area contributed by atoms with E-state index in [1.807, 2.05) is 39.0 Å². The van der Waals surface area contributed by atoms with Crippen molar-refractivity contribution >= 4 is 5.97 Å². The first-order chi connectivity index (χ1) is 18.2. The van der Waals surface area contributed by atoms with E-state index in [0.717, 1.165) is 48.8 Å². The first-order valence-corrected chi connectivity index (χ1v) is 13.8. The molecule has 0 bridgehead atoms. The van der Waals surface area contributed by atoms with Crippen molar-refractivity contribution in [2.45, 2.75) is 92.0 Å². The van der Waals surface area contributed by atoms with Gasteiger partial charge in [-0.15, -0.1) is 0 Å². The van der Waals surface area contributed by atoms with Crippen LogP contribution in [0, 0.1) is 19.8 Å². The van der Waals surface area contributed by atoms with Crippen molar-refractivity contribution in [3.8, 4) is 23.0 Å². The van der Waals surface area contributed by atoms with Crippen molar-refractivity contribution in [1.82, 2.24) is 0 Å². The molecular formula is C31H44O7. The first-order valence-electron chi connectivity index (χ1n) is 13.8. The van der Waals surface area contributed by atoms with Crippen LogP contribution < -0.4 is 14.2 Å². The number of carboxylic acids is 1. The molecule has 2 aromatic carbocycles. The molecule has 3 atom stereocenters. The normalized spacial score (nSPS) is 17.4. The highest BCUT2D eigenvalue weighted by Crippen LogP contribution is 2.43. The van der Waals surface area contributed by atoms with Crippen molar-refractivity contribution in [3.63, 3.8) is 0 Å². The van der Waals surface area contributed by atoms with E-state index < -0.39 is 5.97 Å². The molecule has 38 heavy (non-hydrogen) atoms. The first kappa shape index (κ1) is 29.8. The second kappa shape index (κ2) is 13.9. The second-order valence-electron chi connectivity index (χ2n) is 10.6. The Hall–Kier alpha value is -2.77. The molecule has 7 heteroatoms. The predicted molar refractivity (Wildman–Crippen MR) is 148 cm³/mol. The molecule has 2 aromatic rings. The lowest BCUT2D eigenvalue weighted by molar-refractivity contribution is 0.0592. The van der Waals surface area contributed by atoms with Crippen LogP contribution in [0.3, 0.4) is 0 Å². The van der Waals surface area contributed by atoms with Gasteiger partial charge in [0.2, 0.25) is 0 Å². The van der Waals surface area contributed by atoms with E-state index in [-0.39, 0.29) is 29.6 Å². The molecule has 0 aromatic heterocycles. The molecular weight excluding hydrogens is 484 g/mol. The number of rotatable bonds is 16. The largest absolute Gasteiger partial charge is 0.495 e. The van der Waals surface area contributed by atoms with Crippen LogP contribution in [0.25, 0.3) is 0 Å². The topological polar surface area (TPSA) is 86.8 Å². The van der Waals surface area contributed by atoms with E-state index in [0.29, 0.717) is 36.4 Å². The number of carbonyl (C=O) groups is 1. The van der Waals surface area contributed by atoms with Crippen LogP contribution in [0.5, 0.6) is 23.0 Å². The Bertz CT molecular complexity index is 1080. The number of aryl methyl sites for hydroxylation is 2. The minimum atomic E-state index is -1.09. The summed E-state index contributed by atoms with van der Waals surface area (Å²) in [5.41, 5.74) is 2.82. The van der Waals surface area contributed by atoms with E-state index in [2.05, 4.69) is 20.8 Å². The molecule has 1 aliphatic rings. The zero-order valence-corrected chi connectivity index (χ0v) is 24.0. The van der Waals surface area contributed by atoms with Gasteiger partial charge in [-0.05, 0) is 87.1 Å². The number of benzene rings is 2. The smallest absolute Gasteiger partial charge is 0.343 e. The summed E-state index contributed by atoms with van der Waals surface area (Å²) in [6, 6.07) is 7.58. The van der Waals surface area contributed by atoms with E-state index in [9.17, 15) is 9.90 Å². The zero-order valence-electron chi connectivity index (χ0n) is 24.0. The highest BCUT2D eigenvalue weighted by atomic mass is 16.8. The fraction of sp³-hybridized carbons (Fsp3) is 0.581. The number of epoxide rings is 1. The third-order valence-electron chi connectivity index (χ3n) is 6.78. The minimum Gasteiger partial charge on any atom is -0.495 e. The molecule has 210 valence electrons. The number of aromatic carboxylic acids is 1. The number of carboxylic acid groups (broad SMARTS) is 1. The Morgan fingerprint density at radius 2 is 1.82 bits per heavy atom. The lowest BCUT2D eigenvalue weighted by Gasteiger charge is -2.22. The van der Waals surface area contributed by atoms with Gasteiger partial charge in [-0.25, -0.2) is 4.79 Å². The SMILES string of the molecule is CCOC1OC1CCCCCOc1cc(C)cc(C)c1Oc1ccc([C@@H](C)CC(C)C)c(OC)c1C(=O)O. The van der Waals surface area contributed by atoms with Crippen molar-refractivity contribution in [2.75, 3.05) is 20.3 Å². The Kier molecular flexibility index (Phi) is 10.9. The number of unbranched alkanes of at least 4 members (excludes halogenated alkanes) is 2. The molecule has 3 rings (SSSR count). The van der Waals surface area contributed by atoms with Gasteiger partial charge in [0.25, 0.3) is 0 Å². The monoisotopic (exact) mass is 528 g/mol. The van der Waals surface area contributed by atoms with Crippen LogP contribution in [-0.4, -0.2) is 43.8 Å². The molecule has 0 aliphatic carbocycles. The summed E-state index contributed by atoms with van der Waals surface area (Å²) in [5.74, 6) is 1.25. The summed E-state index contributed by atoms with van der Waals surface area (Å²) in [7, 11) is 1.51. The van der Waals surface area contributed by atoms with Crippen molar-refractivity contribution < 1.29 is 33.6 Å². The Morgan fingerprint density at radius 3 is 2.47 bits per heavy atom. The van der Waals surface area contributed by atoms with E-state index >= 15 is 0 Å². The lowest BCUT2D eigenvalue weighted by Crippen LogP contribution is -2.09. The van der Waals surface area contributed by atoms with Gasteiger partial charge in [-0.3, -0.25) is 0 Å². The van der Waals surface area contributed by atoms with Crippen LogP contribution in [0.1, 0.15) is 92.8 Å². The molecule has 0 spiro atoms. The molecule has 0 saturated carbocycles. The van der Waals surface area contributed by atoms with Crippen LogP contribution in [-0.2, 0) is 9.47 Å². The Balaban J connectivity index is 1.73. The standard InChI is InChI=1S/C31H44O7/c1-8-35-31-25(38-31)12-10-9-11-15-36-26-18-20(4)17-22(6)28(26)37-24-14-13-23(21(5)16-19(2)3)29(34-7)27(24)30(32)33/h13-14,17-19,21,25,31H,8-12,15-16H2,1-7H3,(H,32,33)/t21-,25?,31?/m0/s1. The Labute approximate surface area is 227 Å². The maximum absolute atomic E-state index is 12.4. The van der Waals surface area contributed by atoms with Gasteiger partial charge in [-0.1, -0.05) is 39.3 Å². The molecule has 7 nitrogen and oxygen atoms in total. The summed E-state index contributed by atoms with van der Waals surface area (Å²) in [6.45, 7) is 13.5. The highest BCUT2D eigenvalue weighted by Gasteiger charge is 2.38. The third-order valence-corrected chi connectivity index (χ3v) is 6.78. The summed E-state index contributed by atoms with van der Waals surface area (Å²) in [6.07, 6.45) is 5.10. The zero-order chi connectivity index (χ0) is 27.8. The van der Waals surface area contributed by atoms with Crippen molar-refractivity contribution in [1.29, 1.82) is 0 Å². The summed E-state index contributed by atoms with van der Waals surface area (Å²) in [5, 5.41) is 10.1. The number of hydrogen-bond donors (Lipinski definition) is 1. The van der Waals surface area contributed by atoms with Gasteiger partial charge in [0.05, 0.1) is 13.7 Å². The predicted octanol–water partition coefficient (Wildman–Crippen LogP) is 7.65. The summed E-state index contributed by atoms with van der Waals surface area (Å²) >= 11 is 0. The van der Waals surface area contributed by atoms with Crippen LogP contribution >= 0.6 is 0 Å². The molecule has 1 heterocycles. The highest BCUT2D eigenvalue weighted by molar-refractivity contribution is 5.95. The van der Waals surface area contributed by atoms with Crippen LogP contribution in [0.15, 0.2) is 24.3 Å². The van der Waals surface area contributed by atoms with Gasteiger partial charge < -0.3 is 28.8 Å². The third kappa shape index (κ3) is 7.87. The average molecular weight is 529 g/mol. The minimum absolute atomic E-state index is 0.0203. The average Bonchev–Trinajstić information content (AvgIpc) is 3.59. The summed E-state index contributed by atoms with van der Waals surface area (Å²) in [4.78, 5) is 12.4. The van der Waals surface area contributed by atoms with E-state index in [1.165, 1.54) is 7.11 Å². The second-order valence-corrected chi connectivity index (χ2v) is 10.6. The molecule has 1 fully saturated rings. The lowest BCUT2D eigenvalue weighted by atomic mass is 9.90. The van der Waals surface area contributed by atoms with Crippen molar-refractivity contribution in [3.05, 3.63) is 46.5 Å². The van der Waals surface area contributed by atoms with E-state index in [1.54, 1.807) is 6.07 Å². The van der Waals surface area contributed by atoms with Crippen molar-refractivity contribution in [2.24, 2.45) is 5.92 Å². The van der Waals surface area contributed by atoms with Gasteiger partial charge in [-0.2, -0.15) is 0 Å². The van der Waals surface area contributed by atoms with Gasteiger partial charge >= 0.3 is 5.97 Å². The fourth-order valence-electron chi connectivity index (χ4n) is 5.02. The molecule has 1 aliphatic heterocycles. The molecule has 0 radical (unpaired) electrons. The maximum atomic E-state index is 12.4. The van der Waals surface area contributed by atoms with Crippen LogP contribution in [0.2, 0.25) is 0 Å². The molecule has 1 saturated heterocycles. The number of hydrogen-bond acceptors (Lipinski definition) is 6. The molecule has 2 unspecified atom stereocenters. The molecule has 1 N–H and O–H groups in total. The van der Waals surface area contributed by atoms with E-state index in [4.69, 9.17) is 23.7 Å². The Morgan fingerprint density at radius 1 is 1.05 bits per heavy atom. The quantitative estimate of drug-likeness (QED) is 0.177. The van der Waals surface area contributed by atoms with Gasteiger partial charge in [0, 0.05) is 6.61 Å².